The fourth-order valence-electron chi connectivity index (χ4n) is 6.92. The average molecular weight is 752 g/mol. The lowest BCUT2D eigenvalue weighted by atomic mass is 9.94. The highest BCUT2D eigenvalue weighted by Crippen LogP contribution is 2.45. The lowest BCUT2D eigenvalue weighted by Crippen LogP contribution is -2.58. The van der Waals surface area contributed by atoms with Crippen LogP contribution in [0, 0.1) is 5.92 Å². The summed E-state index contributed by atoms with van der Waals surface area (Å²) in [6.07, 6.45) is -3.17. The van der Waals surface area contributed by atoms with Gasteiger partial charge < -0.3 is 29.9 Å². The van der Waals surface area contributed by atoms with E-state index in [2.05, 4.69) is 11.9 Å². The predicted molar refractivity (Wildman–Crippen MR) is 177 cm³/mol. The molecule has 5 amide bonds. The quantitative estimate of drug-likeness (QED) is 0.353. The molecule has 52 heavy (non-hydrogen) atoms. The smallest absolute Gasteiger partial charge is 0.410 e. The lowest BCUT2D eigenvalue weighted by Gasteiger charge is -2.30. The number of carbonyl (C=O) groups is 5. The summed E-state index contributed by atoms with van der Waals surface area (Å²) in [6, 6.07) is 1.98. The highest BCUT2D eigenvalue weighted by Gasteiger charge is 2.62. The molecule has 6 rings (SSSR count). The second kappa shape index (κ2) is 14.4. The van der Waals surface area contributed by atoms with Crippen LogP contribution >= 0.6 is 0 Å². The third kappa shape index (κ3) is 8.21. The lowest BCUT2D eigenvalue weighted by molar-refractivity contribution is -0.155. The number of carbonyl (C=O) groups excluding carboxylic acids is 5. The van der Waals surface area contributed by atoms with Gasteiger partial charge in [0, 0.05) is 25.4 Å². The number of alkyl carbamates (subject to hydrolysis) is 1. The van der Waals surface area contributed by atoms with Gasteiger partial charge in [0.25, 0.3) is 5.91 Å². The van der Waals surface area contributed by atoms with Gasteiger partial charge in [0.15, 0.2) is 0 Å². The van der Waals surface area contributed by atoms with Crippen LogP contribution in [0.5, 0.6) is 0 Å². The summed E-state index contributed by atoms with van der Waals surface area (Å²) in [5.74, 6) is -3.98. The van der Waals surface area contributed by atoms with Crippen LogP contribution in [0.1, 0.15) is 61.6 Å². The van der Waals surface area contributed by atoms with Crippen molar-refractivity contribution in [1.82, 2.24) is 25.2 Å². The minimum Gasteiger partial charge on any atom is -0.450 e. The Morgan fingerprint density at radius 1 is 1.17 bits per heavy atom. The van der Waals surface area contributed by atoms with Crippen molar-refractivity contribution in [2.45, 2.75) is 93.1 Å². The number of allylic oxidation sites excluding steroid dienone is 1. The van der Waals surface area contributed by atoms with Crippen molar-refractivity contribution in [3.05, 3.63) is 53.6 Å². The SMILES string of the molecule is C=C[C@@H]1C[C@]1(NC(=O)[C@@H]1C[C@@H]2CN1C(=O)[C@H](CC(F)(F)F)NC(=O)OCCC/C=C/c1cccc3c1CN(CC3)C(=O)O2)C(=O)NS(=O)(=O)C1CC1. The molecular formula is C34H40F3N5O9S. The van der Waals surface area contributed by atoms with Gasteiger partial charge in [0.2, 0.25) is 21.8 Å². The Balaban J connectivity index is 1.28. The van der Waals surface area contributed by atoms with Gasteiger partial charge >= 0.3 is 18.4 Å². The number of rotatable bonds is 7. The topological polar surface area (TPSA) is 181 Å². The number of cyclic esters (lactones) is 1. The molecule has 3 N–H and O–H groups in total. The monoisotopic (exact) mass is 751 g/mol. The molecule has 2 saturated carbocycles. The summed E-state index contributed by atoms with van der Waals surface area (Å²) in [7, 11) is -4.01. The van der Waals surface area contributed by atoms with Crippen molar-refractivity contribution < 1.29 is 55.0 Å². The number of sulfonamides is 1. The van der Waals surface area contributed by atoms with Gasteiger partial charge in [-0.1, -0.05) is 36.4 Å². The molecule has 3 fully saturated rings. The number of amides is 5. The molecule has 0 radical (unpaired) electrons. The predicted octanol–water partition coefficient (Wildman–Crippen LogP) is 2.67. The van der Waals surface area contributed by atoms with E-state index in [0.717, 1.165) is 21.6 Å². The highest BCUT2D eigenvalue weighted by molar-refractivity contribution is 7.91. The summed E-state index contributed by atoms with van der Waals surface area (Å²) in [5.41, 5.74) is 1.06. The minimum atomic E-state index is -4.93. The summed E-state index contributed by atoms with van der Waals surface area (Å²) in [4.78, 5) is 69.5. The molecule has 2 aliphatic carbocycles. The first kappa shape index (κ1) is 37.2. The zero-order valence-corrected chi connectivity index (χ0v) is 29.0. The zero-order chi connectivity index (χ0) is 37.4. The molecule has 5 atom stereocenters. The molecular weight excluding hydrogens is 711 g/mol. The molecule has 1 saturated heterocycles. The van der Waals surface area contributed by atoms with Gasteiger partial charge in [-0.15, -0.1) is 6.58 Å². The second-order valence-electron chi connectivity index (χ2n) is 13.8. The number of hydrogen-bond acceptors (Lipinski definition) is 9. The zero-order valence-electron chi connectivity index (χ0n) is 28.2. The van der Waals surface area contributed by atoms with Gasteiger partial charge in [0.1, 0.15) is 23.7 Å². The first-order chi connectivity index (χ1) is 24.6. The minimum absolute atomic E-state index is 0.0228. The van der Waals surface area contributed by atoms with Crippen molar-refractivity contribution in [3.8, 4) is 0 Å². The van der Waals surface area contributed by atoms with Crippen molar-refractivity contribution in [1.29, 1.82) is 0 Å². The van der Waals surface area contributed by atoms with Crippen LogP contribution in [0.15, 0.2) is 36.9 Å². The maximum atomic E-state index is 14.0. The Morgan fingerprint density at radius 2 is 1.94 bits per heavy atom. The molecule has 1 aromatic rings. The molecule has 3 heterocycles. The van der Waals surface area contributed by atoms with E-state index in [1.54, 1.807) is 0 Å². The largest absolute Gasteiger partial charge is 0.450 e. The van der Waals surface area contributed by atoms with Crippen LogP contribution in [-0.4, -0.2) is 103 Å². The van der Waals surface area contributed by atoms with Crippen molar-refractivity contribution in [2.24, 2.45) is 5.92 Å². The number of fused-ring (bicyclic) bond motifs is 3. The number of alkyl halides is 3. The van der Waals surface area contributed by atoms with E-state index in [9.17, 15) is 45.6 Å². The van der Waals surface area contributed by atoms with Gasteiger partial charge in [-0.3, -0.25) is 19.1 Å². The van der Waals surface area contributed by atoms with E-state index in [1.165, 1.54) is 11.0 Å². The number of nitrogens with zero attached hydrogens (tertiary/aromatic N) is 2. The van der Waals surface area contributed by atoms with Crippen LogP contribution in [0.25, 0.3) is 6.08 Å². The molecule has 4 bridgehead atoms. The molecule has 3 aliphatic heterocycles. The summed E-state index contributed by atoms with van der Waals surface area (Å²) in [6.45, 7) is 3.49. The van der Waals surface area contributed by atoms with E-state index >= 15 is 0 Å². The van der Waals surface area contributed by atoms with E-state index < -0.39 is 94.0 Å². The molecule has 0 aromatic heterocycles. The molecule has 0 spiro atoms. The fourth-order valence-corrected chi connectivity index (χ4v) is 8.29. The maximum absolute atomic E-state index is 14.0. The standard InChI is InChI=1S/C34H40F3N5O9S/c1-2-22-16-33(22,30(45)40-52(48,49)24-10-11-24)39-28(43)27-15-23-18-42(27)29(44)26(17-34(35,36)37)38-31(46)50-14-5-3-4-7-20-8-6-9-21-12-13-41(19-25(20)21)32(47)51-23/h2,4,6-9,22-24,26-27H,1,3,5,10-19H2,(H,38,46)(H,39,43)(H,40,45)/b7-4+/t22-,23-,26+,27+,33-/m1/s1. The Labute approximate surface area is 298 Å². The van der Waals surface area contributed by atoms with Crippen molar-refractivity contribution in [3.63, 3.8) is 0 Å². The first-order valence-electron chi connectivity index (χ1n) is 17.1. The number of halogens is 3. The molecule has 1 aromatic carbocycles. The van der Waals surface area contributed by atoms with Crippen LogP contribution in [0.2, 0.25) is 0 Å². The molecule has 5 aliphatic rings. The third-order valence-electron chi connectivity index (χ3n) is 10.0. The Kier molecular flexibility index (Phi) is 10.3. The maximum Gasteiger partial charge on any atom is 0.410 e. The van der Waals surface area contributed by atoms with Gasteiger partial charge in [-0.2, -0.15) is 13.2 Å². The van der Waals surface area contributed by atoms with E-state index in [1.807, 2.05) is 40.4 Å². The van der Waals surface area contributed by atoms with Crippen molar-refractivity contribution >= 4 is 46.0 Å². The normalized spacial score (nSPS) is 28.9. The molecule has 0 unspecified atom stereocenters. The molecule has 18 heteroatoms. The molecule has 14 nitrogen and oxygen atoms in total. The summed E-state index contributed by atoms with van der Waals surface area (Å²) < 4.78 is 79.3. The fraction of sp³-hybridized carbons (Fsp3) is 0.559. The number of ether oxygens (including phenoxy) is 2. The number of hydrogen-bond donors (Lipinski definition) is 3. The van der Waals surface area contributed by atoms with E-state index in [4.69, 9.17) is 9.47 Å². The number of benzene rings is 1. The second-order valence-corrected chi connectivity index (χ2v) is 15.7. The van der Waals surface area contributed by atoms with Gasteiger partial charge in [0.05, 0.1) is 24.8 Å². The Morgan fingerprint density at radius 3 is 2.63 bits per heavy atom. The molecule has 282 valence electrons. The average Bonchev–Trinajstić information content (AvgIpc) is 4.01. The first-order valence-corrected chi connectivity index (χ1v) is 18.7. The third-order valence-corrected chi connectivity index (χ3v) is 11.8. The van der Waals surface area contributed by atoms with Crippen LogP contribution in [-0.2, 0) is 46.8 Å². The van der Waals surface area contributed by atoms with Gasteiger partial charge in [-0.05, 0) is 55.2 Å². The van der Waals surface area contributed by atoms with E-state index in [-0.39, 0.29) is 26.0 Å². The van der Waals surface area contributed by atoms with Crippen molar-refractivity contribution in [2.75, 3.05) is 19.7 Å². The Hall–Kier alpha value is -4.61. The van der Waals surface area contributed by atoms with E-state index in [0.29, 0.717) is 38.6 Å². The van der Waals surface area contributed by atoms with Gasteiger partial charge in [-0.25, -0.2) is 18.0 Å². The Bertz CT molecular complexity index is 1780. The highest BCUT2D eigenvalue weighted by atomic mass is 32.2. The van der Waals surface area contributed by atoms with Crippen LogP contribution in [0.4, 0.5) is 22.8 Å². The van der Waals surface area contributed by atoms with Crippen LogP contribution in [0.3, 0.4) is 0 Å². The number of nitrogens with one attached hydrogen (secondary N) is 3. The van der Waals surface area contributed by atoms with Crippen LogP contribution < -0.4 is 15.4 Å². The summed E-state index contributed by atoms with van der Waals surface area (Å²) in [5, 5.41) is 3.76. The summed E-state index contributed by atoms with van der Waals surface area (Å²) >= 11 is 0.